The van der Waals surface area contributed by atoms with Gasteiger partial charge in [-0.3, -0.25) is 4.79 Å². The summed E-state index contributed by atoms with van der Waals surface area (Å²) in [6.45, 7) is 15.4. The number of carbonyl (C=O) groups excluding carboxylic acids is 1. The van der Waals surface area contributed by atoms with E-state index in [0.717, 1.165) is 44.9 Å². The molecule has 0 amide bonds. The van der Waals surface area contributed by atoms with Crippen LogP contribution >= 0.6 is 0 Å². The van der Waals surface area contributed by atoms with Gasteiger partial charge in [0, 0.05) is 6.42 Å². The molecule has 4 atom stereocenters. The maximum absolute atomic E-state index is 13.8. The van der Waals surface area contributed by atoms with E-state index in [-0.39, 0.29) is 34.6 Å². The van der Waals surface area contributed by atoms with E-state index in [1.807, 2.05) is 0 Å². The van der Waals surface area contributed by atoms with E-state index in [1.54, 1.807) is 0 Å². The smallest absolute Gasteiger partial charge is 0.312 e. The zero-order valence-electron chi connectivity index (χ0n) is 22.1. The van der Waals surface area contributed by atoms with Crippen molar-refractivity contribution in [3.8, 4) is 0 Å². The molecule has 3 heteroatoms. The molecule has 0 radical (unpaired) electrons. The lowest BCUT2D eigenvalue weighted by atomic mass is 9.52. The largest absolute Gasteiger partial charge is 0.459 e. The lowest BCUT2D eigenvalue weighted by molar-refractivity contribution is -0.251. The molecule has 4 fully saturated rings. The average Bonchev–Trinajstić information content (AvgIpc) is 2.70. The highest BCUT2D eigenvalue weighted by molar-refractivity contribution is 5.77. The topological polar surface area (TPSA) is 35.5 Å². The van der Waals surface area contributed by atoms with Crippen molar-refractivity contribution in [3.05, 3.63) is 35.9 Å². The Morgan fingerprint density at radius 3 is 2.09 bits per heavy atom. The van der Waals surface area contributed by atoms with Crippen molar-refractivity contribution >= 4 is 5.97 Å². The van der Waals surface area contributed by atoms with Crippen molar-refractivity contribution in [1.82, 2.24) is 0 Å². The van der Waals surface area contributed by atoms with E-state index >= 15 is 0 Å². The van der Waals surface area contributed by atoms with Crippen LogP contribution < -0.4 is 0 Å². The summed E-state index contributed by atoms with van der Waals surface area (Å²) in [6.07, 6.45) is 8.33. The molecule has 33 heavy (non-hydrogen) atoms. The van der Waals surface area contributed by atoms with E-state index in [2.05, 4.69) is 78.8 Å². The van der Waals surface area contributed by atoms with Gasteiger partial charge < -0.3 is 9.47 Å². The molecule has 0 aliphatic heterocycles. The molecular weight excluding hydrogens is 408 g/mol. The van der Waals surface area contributed by atoms with Crippen LogP contribution in [0.25, 0.3) is 0 Å². The molecule has 0 heterocycles. The van der Waals surface area contributed by atoms with E-state index in [4.69, 9.17) is 9.47 Å². The van der Waals surface area contributed by atoms with Gasteiger partial charge in [-0.25, -0.2) is 0 Å². The molecule has 4 aliphatic rings. The third-order valence-corrected chi connectivity index (χ3v) is 8.84. The van der Waals surface area contributed by atoms with Crippen molar-refractivity contribution in [1.29, 1.82) is 0 Å². The molecule has 184 valence electrons. The maximum Gasteiger partial charge on any atom is 0.312 e. The minimum atomic E-state index is -0.467. The summed E-state index contributed by atoms with van der Waals surface area (Å²) in [7, 11) is 0. The van der Waals surface area contributed by atoms with Crippen LogP contribution in [0.2, 0.25) is 0 Å². The Labute approximate surface area is 202 Å². The van der Waals surface area contributed by atoms with Crippen LogP contribution in [0.4, 0.5) is 0 Å². The Morgan fingerprint density at radius 1 is 1.00 bits per heavy atom. The van der Waals surface area contributed by atoms with E-state index < -0.39 is 5.41 Å². The van der Waals surface area contributed by atoms with Gasteiger partial charge in [0.15, 0.2) is 0 Å². The third kappa shape index (κ3) is 5.04. The summed E-state index contributed by atoms with van der Waals surface area (Å²) in [6, 6.07) is 10.6. The second-order valence-electron chi connectivity index (χ2n) is 13.5. The minimum Gasteiger partial charge on any atom is -0.459 e. The maximum atomic E-state index is 13.8. The Morgan fingerprint density at radius 2 is 1.58 bits per heavy atom. The predicted molar refractivity (Wildman–Crippen MR) is 134 cm³/mol. The second-order valence-corrected chi connectivity index (χ2v) is 13.5. The predicted octanol–water partition coefficient (Wildman–Crippen LogP) is 7.89. The number of hydrogen-bond acceptors (Lipinski definition) is 3. The normalized spacial score (nSPS) is 33.7. The van der Waals surface area contributed by atoms with Crippen LogP contribution in [0.5, 0.6) is 0 Å². The van der Waals surface area contributed by atoms with Gasteiger partial charge >= 0.3 is 5.97 Å². The number of carbonyl (C=O) groups is 1. The van der Waals surface area contributed by atoms with Gasteiger partial charge in [-0.1, -0.05) is 71.9 Å². The van der Waals surface area contributed by atoms with Crippen molar-refractivity contribution in [2.75, 3.05) is 0 Å². The lowest BCUT2D eigenvalue weighted by Crippen LogP contribution is -2.62. The number of esters is 1. The first kappa shape index (κ1) is 24.8. The number of rotatable bonds is 8. The molecule has 4 unspecified atom stereocenters. The Bertz CT molecular complexity index is 822. The van der Waals surface area contributed by atoms with E-state index in [1.165, 1.54) is 12.0 Å². The fourth-order valence-electron chi connectivity index (χ4n) is 7.64. The van der Waals surface area contributed by atoms with Gasteiger partial charge in [0.25, 0.3) is 0 Å². The molecular formula is C30H46O3. The average molecular weight is 455 g/mol. The van der Waals surface area contributed by atoms with Gasteiger partial charge in [-0.05, 0) is 80.6 Å². The van der Waals surface area contributed by atoms with Gasteiger partial charge in [0.2, 0.25) is 0 Å². The molecule has 1 aromatic rings. The number of hydrogen-bond donors (Lipinski definition) is 0. The van der Waals surface area contributed by atoms with Gasteiger partial charge in [0.05, 0.1) is 17.1 Å². The summed E-state index contributed by atoms with van der Waals surface area (Å²) in [5, 5.41) is 0. The monoisotopic (exact) mass is 454 g/mol. The molecule has 4 aliphatic carbocycles. The molecule has 5 rings (SSSR count). The van der Waals surface area contributed by atoms with Crippen LogP contribution in [0.15, 0.2) is 30.3 Å². The third-order valence-electron chi connectivity index (χ3n) is 8.84. The molecule has 0 spiro atoms. The standard InChI is InChI=1S/C30H46O3/c1-8-25(24-12-10-9-11-13-24)32-29-15-22-14-23(16-29)18-30(17-22,20-29)33-26(31)28(7,21(2)3)19-27(4,5)6/h9-13,21-23,25H,8,14-20H2,1-7H3. The summed E-state index contributed by atoms with van der Waals surface area (Å²) >= 11 is 0. The Balaban J connectivity index is 1.57. The number of ether oxygens (including phenoxy) is 2. The molecule has 0 aromatic heterocycles. The van der Waals surface area contributed by atoms with Gasteiger partial charge in [-0.2, -0.15) is 0 Å². The van der Waals surface area contributed by atoms with E-state index in [9.17, 15) is 4.79 Å². The number of benzene rings is 1. The Kier molecular flexibility index (Phi) is 6.53. The zero-order valence-corrected chi connectivity index (χ0v) is 22.1. The Hall–Kier alpha value is -1.35. The summed E-state index contributed by atoms with van der Waals surface area (Å²) < 4.78 is 13.7. The second kappa shape index (κ2) is 8.70. The van der Waals surface area contributed by atoms with E-state index in [0.29, 0.717) is 11.8 Å². The van der Waals surface area contributed by atoms with Crippen LogP contribution in [0, 0.1) is 28.6 Å². The van der Waals surface area contributed by atoms with Crippen LogP contribution in [0.3, 0.4) is 0 Å². The SMILES string of the molecule is CCC(OC12CC3CC(CC(OC(=O)C(C)(CC(C)(C)C)C(C)C)(C3)C1)C2)c1ccccc1. The summed E-state index contributed by atoms with van der Waals surface area (Å²) in [5.41, 5.74) is 0.377. The molecule has 1 aromatic carbocycles. The lowest BCUT2D eigenvalue weighted by Gasteiger charge is -2.61. The molecule has 0 saturated heterocycles. The highest BCUT2D eigenvalue weighted by Crippen LogP contribution is 2.61. The van der Waals surface area contributed by atoms with Gasteiger partial charge in [-0.15, -0.1) is 0 Å². The van der Waals surface area contributed by atoms with Crippen molar-refractivity contribution in [3.63, 3.8) is 0 Å². The minimum absolute atomic E-state index is 0.0135. The molecule has 4 bridgehead atoms. The fraction of sp³-hybridized carbons (Fsp3) is 0.767. The van der Waals surface area contributed by atoms with Gasteiger partial charge in [0.1, 0.15) is 5.60 Å². The quantitative estimate of drug-likeness (QED) is 0.375. The molecule has 3 nitrogen and oxygen atoms in total. The highest BCUT2D eigenvalue weighted by atomic mass is 16.6. The zero-order chi connectivity index (χ0) is 24.1. The fourth-order valence-corrected chi connectivity index (χ4v) is 7.64. The first-order valence-electron chi connectivity index (χ1n) is 13.3. The molecule has 4 saturated carbocycles. The molecule has 0 N–H and O–H groups in total. The first-order valence-corrected chi connectivity index (χ1v) is 13.3. The van der Waals surface area contributed by atoms with Crippen LogP contribution in [-0.2, 0) is 14.3 Å². The van der Waals surface area contributed by atoms with Crippen LogP contribution in [0.1, 0.15) is 112 Å². The van der Waals surface area contributed by atoms with Crippen molar-refractivity contribution in [2.24, 2.45) is 28.6 Å². The first-order chi connectivity index (χ1) is 15.4. The summed E-state index contributed by atoms with van der Waals surface area (Å²) in [5.74, 6) is 1.48. The van der Waals surface area contributed by atoms with Crippen LogP contribution in [-0.4, -0.2) is 17.2 Å². The highest BCUT2D eigenvalue weighted by Gasteiger charge is 2.61. The van der Waals surface area contributed by atoms with Crippen molar-refractivity contribution in [2.45, 2.75) is 117 Å². The van der Waals surface area contributed by atoms with Crippen molar-refractivity contribution < 1.29 is 14.3 Å². The summed E-state index contributed by atoms with van der Waals surface area (Å²) in [4.78, 5) is 13.8.